The van der Waals surface area contributed by atoms with Crippen molar-refractivity contribution in [2.24, 2.45) is 0 Å². The molecule has 0 saturated carbocycles. The molecule has 5 heteroatoms. The summed E-state index contributed by atoms with van der Waals surface area (Å²) in [7, 11) is 0. The van der Waals surface area contributed by atoms with Gasteiger partial charge in [0.15, 0.2) is 0 Å². The molecular weight excluding hydrogens is 233 g/mol. The molecule has 0 fully saturated rings. The predicted octanol–water partition coefficient (Wildman–Crippen LogP) is 3.38. The Hall–Kier alpha value is -1.23. The number of aryl methyl sites for hydroxylation is 1. The Morgan fingerprint density at radius 2 is 2.00 bits per heavy atom. The first kappa shape index (κ1) is 13.8. The van der Waals surface area contributed by atoms with E-state index in [-0.39, 0.29) is 0 Å². The minimum atomic E-state index is -4.20. The fraction of sp³-hybridized carbons (Fsp3) is 0.500. The maximum Gasteiger partial charge on any atom is 0.392 e. The molecule has 1 aromatic carbocycles. The lowest BCUT2D eigenvalue weighted by atomic mass is 10.1. The third kappa shape index (κ3) is 4.65. The second-order valence-corrected chi connectivity index (χ2v) is 3.91. The van der Waals surface area contributed by atoms with Crippen LogP contribution in [0.1, 0.15) is 30.6 Å². The minimum Gasteiger partial charge on any atom is -0.493 e. The third-order valence-corrected chi connectivity index (χ3v) is 2.32. The van der Waals surface area contributed by atoms with Crippen molar-refractivity contribution in [1.29, 1.82) is 0 Å². The zero-order valence-corrected chi connectivity index (χ0v) is 9.71. The highest BCUT2D eigenvalue weighted by atomic mass is 19.4. The number of hydrogen-bond donors (Lipinski definition) is 1. The topological polar surface area (TPSA) is 29.5 Å². The van der Waals surface area contributed by atoms with Crippen LogP contribution in [0, 0.1) is 6.92 Å². The Labute approximate surface area is 98.0 Å². The van der Waals surface area contributed by atoms with Crippen LogP contribution in [-0.4, -0.2) is 17.9 Å². The molecule has 1 N–H and O–H groups in total. The van der Waals surface area contributed by atoms with Gasteiger partial charge in [-0.05, 0) is 37.1 Å². The van der Waals surface area contributed by atoms with Crippen LogP contribution >= 0.6 is 0 Å². The molecule has 0 spiro atoms. The van der Waals surface area contributed by atoms with Crippen molar-refractivity contribution in [3.63, 3.8) is 0 Å². The van der Waals surface area contributed by atoms with Gasteiger partial charge in [0.1, 0.15) is 5.75 Å². The summed E-state index contributed by atoms with van der Waals surface area (Å²) in [6, 6.07) is 4.92. The molecule has 0 amide bonds. The van der Waals surface area contributed by atoms with E-state index >= 15 is 0 Å². The summed E-state index contributed by atoms with van der Waals surface area (Å²) in [6.45, 7) is 2.96. The van der Waals surface area contributed by atoms with Crippen molar-refractivity contribution >= 4 is 0 Å². The van der Waals surface area contributed by atoms with Gasteiger partial charge in [0, 0.05) is 0 Å². The molecule has 1 rings (SSSR count). The molecule has 1 aromatic rings. The van der Waals surface area contributed by atoms with Crippen LogP contribution in [0.15, 0.2) is 18.2 Å². The first-order chi connectivity index (χ1) is 7.79. The van der Waals surface area contributed by atoms with Crippen LogP contribution in [0.5, 0.6) is 5.75 Å². The number of benzene rings is 1. The van der Waals surface area contributed by atoms with E-state index in [0.29, 0.717) is 16.9 Å². The van der Waals surface area contributed by atoms with Crippen LogP contribution < -0.4 is 4.74 Å². The van der Waals surface area contributed by atoms with E-state index in [9.17, 15) is 18.3 Å². The molecule has 0 heterocycles. The summed E-state index contributed by atoms with van der Waals surface area (Å²) in [5, 5.41) is 9.33. The Bertz CT molecular complexity index is 373. The Balaban J connectivity index is 2.61. The minimum absolute atomic E-state index is 0.391. The summed E-state index contributed by atoms with van der Waals surface area (Å²) in [5.41, 5.74) is 1.43. The molecule has 0 aromatic heterocycles. The molecule has 0 aliphatic rings. The molecule has 0 unspecified atom stereocenters. The average molecular weight is 248 g/mol. The fourth-order valence-electron chi connectivity index (χ4n) is 1.37. The fourth-order valence-corrected chi connectivity index (χ4v) is 1.37. The lowest BCUT2D eigenvalue weighted by Gasteiger charge is -2.12. The summed E-state index contributed by atoms with van der Waals surface area (Å²) in [6.07, 6.45) is -5.77. The van der Waals surface area contributed by atoms with Crippen molar-refractivity contribution in [1.82, 2.24) is 0 Å². The van der Waals surface area contributed by atoms with Crippen molar-refractivity contribution in [2.45, 2.75) is 32.5 Å². The molecule has 0 bridgehead atoms. The average Bonchev–Trinajstić information content (AvgIpc) is 2.18. The largest absolute Gasteiger partial charge is 0.493 e. The summed E-state index contributed by atoms with van der Waals surface area (Å²) in [5.74, 6) is 0.415. The van der Waals surface area contributed by atoms with Crippen LogP contribution in [-0.2, 0) is 0 Å². The number of alkyl halides is 3. The quantitative estimate of drug-likeness (QED) is 0.885. The van der Waals surface area contributed by atoms with Gasteiger partial charge in [-0.3, -0.25) is 0 Å². The Morgan fingerprint density at radius 1 is 1.35 bits per heavy atom. The van der Waals surface area contributed by atoms with Gasteiger partial charge in [-0.1, -0.05) is 6.07 Å². The van der Waals surface area contributed by atoms with Gasteiger partial charge >= 0.3 is 6.18 Å². The summed E-state index contributed by atoms with van der Waals surface area (Å²) < 4.78 is 40.8. The van der Waals surface area contributed by atoms with Gasteiger partial charge in [-0.15, -0.1) is 0 Å². The molecule has 1 atom stereocenters. The number of hydrogen-bond acceptors (Lipinski definition) is 2. The number of halogens is 3. The van der Waals surface area contributed by atoms with E-state index < -0.39 is 25.3 Å². The van der Waals surface area contributed by atoms with E-state index in [1.807, 2.05) is 0 Å². The lowest BCUT2D eigenvalue weighted by molar-refractivity contribution is -0.139. The Morgan fingerprint density at radius 3 is 2.47 bits per heavy atom. The van der Waals surface area contributed by atoms with Crippen LogP contribution in [0.2, 0.25) is 0 Å². The second-order valence-electron chi connectivity index (χ2n) is 3.91. The van der Waals surface area contributed by atoms with Gasteiger partial charge in [0.2, 0.25) is 0 Å². The summed E-state index contributed by atoms with van der Waals surface area (Å²) in [4.78, 5) is 0. The standard InChI is InChI=1S/C12H15F3O2/c1-8-7-10(9(2)16)3-4-11(8)17-6-5-12(13,14)15/h3-4,7,9,16H,5-6H2,1-2H3/t9-/m1/s1. The van der Waals surface area contributed by atoms with Crippen LogP contribution in [0.25, 0.3) is 0 Å². The van der Waals surface area contributed by atoms with Crippen molar-refractivity contribution in [3.8, 4) is 5.75 Å². The highest BCUT2D eigenvalue weighted by Gasteiger charge is 2.26. The molecule has 0 aliphatic carbocycles. The van der Waals surface area contributed by atoms with Gasteiger partial charge < -0.3 is 9.84 Å². The monoisotopic (exact) mass is 248 g/mol. The second kappa shape index (κ2) is 5.40. The highest BCUT2D eigenvalue weighted by Crippen LogP contribution is 2.24. The van der Waals surface area contributed by atoms with Crippen LogP contribution in [0.4, 0.5) is 13.2 Å². The zero-order chi connectivity index (χ0) is 13.1. The normalized spacial score (nSPS) is 13.5. The van der Waals surface area contributed by atoms with E-state index in [0.717, 1.165) is 0 Å². The first-order valence-electron chi connectivity index (χ1n) is 5.28. The molecule has 0 saturated heterocycles. The zero-order valence-electron chi connectivity index (χ0n) is 9.71. The molecule has 17 heavy (non-hydrogen) atoms. The molecule has 96 valence electrons. The van der Waals surface area contributed by atoms with E-state index in [4.69, 9.17) is 4.74 Å². The van der Waals surface area contributed by atoms with Gasteiger partial charge in [0.05, 0.1) is 19.1 Å². The maximum atomic E-state index is 11.9. The van der Waals surface area contributed by atoms with E-state index in [2.05, 4.69) is 0 Å². The van der Waals surface area contributed by atoms with Gasteiger partial charge in [0.25, 0.3) is 0 Å². The molecular formula is C12H15F3O2. The molecule has 0 radical (unpaired) electrons. The van der Waals surface area contributed by atoms with Gasteiger partial charge in [-0.25, -0.2) is 0 Å². The van der Waals surface area contributed by atoms with Crippen LogP contribution in [0.3, 0.4) is 0 Å². The van der Waals surface area contributed by atoms with Crippen molar-refractivity contribution < 1.29 is 23.0 Å². The van der Waals surface area contributed by atoms with Crippen molar-refractivity contribution in [3.05, 3.63) is 29.3 Å². The highest BCUT2D eigenvalue weighted by molar-refractivity contribution is 5.36. The van der Waals surface area contributed by atoms with Crippen molar-refractivity contribution in [2.75, 3.05) is 6.61 Å². The third-order valence-electron chi connectivity index (χ3n) is 2.32. The predicted molar refractivity (Wildman–Crippen MR) is 58.0 cm³/mol. The van der Waals surface area contributed by atoms with E-state index in [1.165, 1.54) is 0 Å². The number of rotatable bonds is 4. The van der Waals surface area contributed by atoms with E-state index in [1.54, 1.807) is 32.0 Å². The maximum absolute atomic E-state index is 11.9. The number of aliphatic hydroxyl groups is 1. The Kier molecular flexibility index (Phi) is 4.40. The molecule has 2 nitrogen and oxygen atoms in total. The number of ether oxygens (including phenoxy) is 1. The lowest BCUT2D eigenvalue weighted by Crippen LogP contribution is -2.13. The molecule has 0 aliphatic heterocycles. The summed E-state index contributed by atoms with van der Waals surface area (Å²) >= 11 is 0. The SMILES string of the molecule is Cc1cc([C@@H](C)O)ccc1OCCC(F)(F)F. The smallest absolute Gasteiger partial charge is 0.392 e. The number of aliphatic hydroxyl groups excluding tert-OH is 1. The van der Waals surface area contributed by atoms with Gasteiger partial charge in [-0.2, -0.15) is 13.2 Å². The first-order valence-corrected chi connectivity index (χ1v) is 5.28.